The third-order valence-electron chi connectivity index (χ3n) is 2.23. The van der Waals surface area contributed by atoms with Gasteiger partial charge in [0, 0.05) is 19.4 Å². The molecule has 1 unspecified atom stereocenters. The molecule has 14 heavy (non-hydrogen) atoms. The number of hydrogen-bond donors (Lipinski definition) is 2. The van der Waals surface area contributed by atoms with Gasteiger partial charge in [-0.1, -0.05) is 30.3 Å². The third kappa shape index (κ3) is 2.35. The highest BCUT2D eigenvalue weighted by molar-refractivity contribution is 5.23. The summed E-state index contributed by atoms with van der Waals surface area (Å²) in [7, 11) is 0. The highest BCUT2D eigenvalue weighted by Gasteiger charge is 2.27. The van der Waals surface area contributed by atoms with Crippen LogP contribution in [0.2, 0.25) is 0 Å². The van der Waals surface area contributed by atoms with Gasteiger partial charge in [0.05, 0.1) is 0 Å². The Morgan fingerprint density at radius 2 is 1.93 bits per heavy atom. The molecule has 0 heterocycles. The van der Waals surface area contributed by atoms with Crippen molar-refractivity contribution in [3.8, 4) is 12.3 Å². The van der Waals surface area contributed by atoms with Crippen LogP contribution in [0.5, 0.6) is 0 Å². The van der Waals surface area contributed by atoms with Gasteiger partial charge in [-0.3, -0.25) is 0 Å². The second-order valence-corrected chi connectivity index (χ2v) is 3.25. The van der Waals surface area contributed by atoms with Crippen molar-refractivity contribution >= 4 is 0 Å². The Morgan fingerprint density at radius 1 is 1.29 bits per heavy atom. The molecule has 0 saturated carbocycles. The van der Waals surface area contributed by atoms with E-state index >= 15 is 0 Å². The van der Waals surface area contributed by atoms with Crippen LogP contribution in [0.4, 0.5) is 0 Å². The first-order valence-corrected chi connectivity index (χ1v) is 4.55. The topological polar surface area (TPSA) is 40.5 Å². The van der Waals surface area contributed by atoms with E-state index in [1.807, 2.05) is 30.3 Å². The van der Waals surface area contributed by atoms with Crippen molar-refractivity contribution in [3.05, 3.63) is 35.9 Å². The van der Waals surface area contributed by atoms with Crippen molar-refractivity contribution < 1.29 is 10.2 Å². The van der Waals surface area contributed by atoms with Gasteiger partial charge in [-0.05, 0) is 5.56 Å². The number of benzene rings is 1. The van der Waals surface area contributed by atoms with Gasteiger partial charge in [0.1, 0.15) is 5.60 Å². The Hall–Kier alpha value is -1.30. The summed E-state index contributed by atoms with van der Waals surface area (Å²) >= 11 is 0. The van der Waals surface area contributed by atoms with E-state index in [0.29, 0.717) is 0 Å². The second-order valence-electron chi connectivity index (χ2n) is 3.25. The second kappa shape index (κ2) is 4.80. The van der Waals surface area contributed by atoms with Crippen LogP contribution in [-0.2, 0) is 5.60 Å². The summed E-state index contributed by atoms with van der Waals surface area (Å²) in [6.45, 7) is -0.0763. The number of terminal acetylenes is 1. The molecule has 0 aliphatic heterocycles. The van der Waals surface area contributed by atoms with E-state index in [9.17, 15) is 5.11 Å². The third-order valence-corrected chi connectivity index (χ3v) is 2.23. The monoisotopic (exact) mass is 190 g/mol. The lowest BCUT2D eigenvalue weighted by Gasteiger charge is -2.25. The van der Waals surface area contributed by atoms with Crippen LogP contribution in [0, 0.1) is 12.3 Å². The summed E-state index contributed by atoms with van der Waals surface area (Å²) in [5.41, 5.74) is -0.336. The highest BCUT2D eigenvalue weighted by atomic mass is 16.3. The van der Waals surface area contributed by atoms with Gasteiger partial charge < -0.3 is 10.2 Å². The van der Waals surface area contributed by atoms with Crippen LogP contribution in [0.3, 0.4) is 0 Å². The van der Waals surface area contributed by atoms with Crippen LogP contribution in [0.15, 0.2) is 30.3 Å². The molecule has 0 aliphatic rings. The Kier molecular flexibility index (Phi) is 3.70. The lowest BCUT2D eigenvalue weighted by atomic mass is 9.88. The molecule has 1 aromatic rings. The SMILES string of the molecule is C#CCC(O)(CCO)c1ccccc1. The first kappa shape index (κ1) is 10.8. The van der Waals surface area contributed by atoms with E-state index in [1.54, 1.807) is 0 Å². The van der Waals surface area contributed by atoms with Crippen molar-refractivity contribution in [1.29, 1.82) is 0 Å². The van der Waals surface area contributed by atoms with E-state index in [0.717, 1.165) is 5.56 Å². The van der Waals surface area contributed by atoms with Gasteiger partial charge in [-0.2, -0.15) is 0 Å². The van der Waals surface area contributed by atoms with E-state index in [2.05, 4.69) is 5.92 Å². The Labute approximate surface area is 84.2 Å². The van der Waals surface area contributed by atoms with E-state index < -0.39 is 5.60 Å². The largest absolute Gasteiger partial charge is 0.396 e. The normalized spacial score (nSPS) is 14.4. The van der Waals surface area contributed by atoms with Gasteiger partial charge in [-0.25, -0.2) is 0 Å². The quantitative estimate of drug-likeness (QED) is 0.702. The predicted octanol–water partition coefficient (Wildman–Crippen LogP) is 1.28. The summed E-state index contributed by atoms with van der Waals surface area (Å²) in [6, 6.07) is 9.18. The van der Waals surface area contributed by atoms with Crippen LogP contribution in [-0.4, -0.2) is 16.8 Å². The molecule has 1 rings (SSSR count). The van der Waals surface area contributed by atoms with Gasteiger partial charge in [0.25, 0.3) is 0 Å². The molecule has 2 nitrogen and oxygen atoms in total. The maximum Gasteiger partial charge on any atom is 0.103 e. The smallest absolute Gasteiger partial charge is 0.103 e. The number of hydrogen-bond acceptors (Lipinski definition) is 2. The summed E-state index contributed by atoms with van der Waals surface area (Å²) in [5.74, 6) is 2.43. The molecule has 0 aromatic heterocycles. The number of aliphatic hydroxyl groups excluding tert-OH is 1. The fraction of sp³-hybridized carbons (Fsp3) is 0.333. The Morgan fingerprint density at radius 3 is 2.43 bits per heavy atom. The minimum absolute atomic E-state index is 0.0763. The average Bonchev–Trinajstić information content (AvgIpc) is 2.20. The van der Waals surface area contributed by atoms with Crippen LogP contribution >= 0.6 is 0 Å². The zero-order chi connectivity index (χ0) is 10.4. The molecule has 0 amide bonds. The van der Waals surface area contributed by atoms with Gasteiger partial charge in [0.15, 0.2) is 0 Å². The van der Waals surface area contributed by atoms with E-state index in [-0.39, 0.29) is 19.4 Å². The van der Waals surface area contributed by atoms with Crippen LogP contribution in [0.25, 0.3) is 0 Å². The van der Waals surface area contributed by atoms with Crippen molar-refractivity contribution in [2.24, 2.45) is 0 Å². The number of aliphatic hydroxyl groups is 2. The van der Waals surface area contributed by atoms with Gasteiger partial charge in [0.2, 0.25) is 0 Å². The van der Waals surface area contributed by atoms with Gasteiger partial charge >= 0.3 is 0 Å². The summed E-state index contributed by atoms with van der Waals surface area (Å²) in [6.07, 6.45) is 5.68. The number of rotatable bonds is 4. The highest BCUT2D eigenvalue weighted by Crippen LogP contribution is 2.27. The minimum Gasteiger partial charge on any atom is -0.396 e. The summed E-state index contributed by atoms with van der Waals surface area (Å²) < 4.78 is 0. The van der Waals surface area contributed by atoms with Crippen LogP contribution in [0.1, 0.15) is 18.4 Å². The first-order valence-electron chi connectivity index (χ1n) is 4.55. The van der Waals surface area contributed by atoms with E-state index in [4.69, 9.17) is 11.5 Å². The minimum atomic E-state index is -1.09. The lowest BCUT2D eigenvalue weighted by molar-refractivity contribution is 0.0163. The maximum atomic E-state index is 10.2. The zero-order valence-electron chi connectivity index (χ0n) is 7.98. The van der Waals surface area contributed by atoms with Crippen molar-refractivity contribution in [3.63, 3.8) is 0 Å². The molecule has 1 atom stereocenters. The molecule has 0 radical (unpaired) electrons. The molecule has 74 valence electrons. The average molecular weight is 190 g/mol. The van der Waals surface area contributed by atoms with E-state index in [1.165, 1.54) is 0 Å². The molecular formula is C12H14O2. The Balaban J connectivity index is 2.94. The molecule has 0 spiro atoms. The standard InChI is InChI=1S/C12H14O2/c1-2-8-12(14,9-10-13)11-6-4-3-5-7-11/h1,3-7,13-14H,8-10H2. The fourth-order valence-corrected chi connectivity index (χ4v) is 1.44. The predicted molar refractivity (Wildman–Crippen MR) is 55.5 cm³/mol. The van der Waals surface area contributed by atoms with Crippen LogP contribution < -0.4 is 0 Å². The first-order chi connectivity index (χ1) is 6.73. The van der Waals surface area contributed by atoms with Crippen molar-refractivity contribution in [1.82, 2.24) is 0 Å². The molecule has 0 saturated heterocycles. The molecule has 0 aliphatic carbocycles. The van der Waals surface area contributed by atoms with Gasteiger partial charge in [-0.15, -0.1) is 12.3 Å². The molecule has 0 fully saturated rings. The van der Waals surface area contributed by atoms with Crippen molar-refractivity contribution in [2.75, 3.05) is 6.61 Å². The molecular weight excluding hydrogens is 176 g/mol. The molecule has 2 N–H and O–H groups in total. The molecule has 0 bridgehead atoms. The zero-order valence-corrected chi connectivity index (χ0v) is 7.98. The van der Waals surface area contributed by atoms with Crippen molar-refractivity contribution in [2.45, 2.75) is 18.4 Å². The molecule has 2 heteroatoms. The summed E-state index contributed by atoms with van der Waals surface area (Å²) in [4.78, 5) is 0. The maximum absolute atomic E-state index is 10.2. The fourth-order valence-electron chi connectivity index (χ4n) is 1.44. The summed E-state index contributed by atoms with van der Waals surface area (Å²) in [5, 5.41) is 19.0. The molecule has 1 aromatic carbocycles. The Bertz CT molecular complexity index is 313. The lowest BCUT2D eigenvalue weighted by Crippen LogP contribution is -2.26.